The minimum atomic E-state index is -0.797. The van der Waals surface area contributed by atoms with Crippen molar-refractivity contribution in [1.82, 2.24) is 9.80 Å². The lowest BCUT2D eigenvalue weighted by molar-refractivity contribution is -0.143. The number of carbonyl (C=O) groups excluding carboxylic acids is 1. The molecule has 0 aromatic rings. The first kappa shape index (κ1) is 13.1. The summed E-state index contributed by atoms with van der Waals surface area (Å²) in [4.78, 5) is 26.7. The van der Waals surface area contributed by atoms with Crippen LogP contribution < -0.4 is 5.73 Å². The van der Waals surface area contributed by atoms with Gasteiger partial charge < -0.3 is 20.6 Å². The maximum Gasteiger partial charge on any atom is 0.320 e. The fourth-order valence-corrected chi connectivity index (χ4v) is 2.75. The Morgan fingerprint density at radius 3 is 2.50 bits per heavy atom. The number of hydrogen-bond acceptors (Lipinski definition) is 3. The monoisotopic (exact) mass is 255 g/mol. The first-order valence-electron chi connectivity index (χ1n) is 6.58. The van der Waals surface area contributed by atoms with Crippen molar-refractivity contribution < 1.29 is 14.7 Å². The van der Waals surface area contributed by atoms with Crippen molar-refractivity contribution in [1.29, 1.82) is 0 Å². The molecule has 0 spiro atoms. The van der Waals surface area contributed by atoms with Gasteiger partial charge in [-0.25, -0.2) is 4.79 Å². The summed E-state index contributed by atoms with van der Waals surface area (Å²) in [5.41, 5.74) is 5.61. The van der Waals surface area contributed by atoms with Gasteiger partial charge in [-0.3, -0.25) is 4.79 Å². The molecule has 2 amide bonds. The number of hydrogen-bond donors (Lipinski definition) is 2. The van der Waals surface area contributed by atoms with E-state index in [1.807, 2.05) is 4.90 Å². The minimum absolute atomic E-state index is 0.0168. The van der Waals surface area contributed by atoms with Gasteiger partial charge in [0.2, 0.25) is 0 Å². The van der Waals surface area contributed by atoms with E-state index in [1.165, 1.54) is 0 Å². The molecular formula is C12H21N3O3. The summed E-state index contributed by atoms with van der Waals surface area (Å²) >= 11 is 0. The van der Waals surface area contributed by atoms with E-state index in [1.54, 1.807) is 4.90 Å². The zero-order valence-electron chi connectivity index (χ0n) is 10.5. The van der Waals surface area contributed by atoms with Crippen molar-refractivity contribution >= 4 is 12.0 Å². The Morgan fingerprint density at radius 2 is 1.89 bits per heavy atom. The molecule has 0 bridgehead atoms. The molecule has 2 atom stereocenters. The van der Waals surface area contributed by atoms with Crippen LogP contribution in [0.2, 0.25) is 0 Å². The molecule has 3 N–H and O–H groups in total. The van der Waals surface area contributed by atoms with Gasteiger partial charge in [-0.1, -0.05) is 0 Å². The molecule has 0 aromatic heterocycles. The fourth-order valence-electron chi connectivity index (χ4n) is 2.75. The molecule has 2 saturated heterocycles. The van der Waals surface area contributed by atoms with Crippen LogP contribution in [-0.4, -0.2) is 59.6 Å². The van der Waals surface area contributed by atoms with Crippen LogP contribution in [0.25, 0.3) is 0 Å². The molecule has 0 saturated carbocycles. The van der Waals surface area contributed by atoms with Gasteiger partial charge in [-0.05, 0) is 31.7 Å². The highest BCUT2D eigenvalue weighted by molar-refractivity contribution is 5.77. The van der Waals surface area contributed by atoms with E-state index >= 15 is 0 Å². The summed E-state index contributed by atoms with van der Waals surface area (Å²) in [6.07, 6.45) is 2.40. The molecule has 18 heavy (non-hydrogen) atoms. The zero-order valence-corrected chi connectivity index (χ0v) is 10.5. The highest BCUT2D eigenvalue weighted by atomic mass is 16.4. The van der Waals surface area contributed by atoms with Gasteiger partial charge in [0.15, 0.2) is 0 Å². The summed E-state index contributed by atoms with van der Waals surface area (Å²) in [7, 11) is 0. The Morgan fingerprint density at radius 1 is 1.17 bits per heavy atom. The smallest absolute Gasteiger partial charge is 0.320 e. The summed E-state index contributed by atoms with van der Waals surface area (Å²) in [6, 6.07) is -0.0168. The first-order valence-corrected chi connectivity index (χ1v) is 6.58. The van der Waals surface area contributed by atoms with Gasteiger partial charge in [-0.2, -0.15) is 0 Å². The molecule has 0 radical (unpaired) electrons. The van der Waals surface area contributed by atoms with E-state index in [-0.39, 0.29) is 6.03 Å². The maximum atomic E-state index is 12.2. The highest BCUT2D eigenvalue weighted by Gasteiger charge is 2.33. The normalized spacial score (nSPS) is 28.5. The number of likely N-dealkylation sites (tertiary alicyclic amines) is 2. The second-order valence-electron chi connectivity index (χ2n) is 5.24. The number of rotatable bonds is 2. The van der Waals surface area contributed by atoms with E-state index < -0.39 is 11.9 Å². The van der Waals surface area contributed by atoms with Crippen LogP contribution in [0.3, 0.4) is 0 Å². The van der Waals surface area contributed by atoms with Crippen molar-refractivity contribution in [3.05, 3.63) is 0 Å². The van der Waals surface area contributed by atoms with Crippen LogP contribution in [0.4, 0.5) is 4.79 Å². The lowest BCUT2D eigenvalue weighted by atomic mass is 9.99. The molecule has 0 aliphatic carbocycles. The van der Waals surface area contributed by atoms with Crippen LogP contribution >= 0.6 is 0 Å². The first-order chi connectivity index (χ1) is 8.61. The lowest BCUT2D eigenvalue weighted by Gasteiger charge is -2.33. The van der Waals surface area contributed by atoms with Gasteiger partial charge in [-0.15, -0.1) is 0 Å². The topological polar surface area (TPSA) is 86.9 Å². The number of urea groups is 1. The van der Waals surface area contributed by atoms with Crippen LogP contribution in [0, 0.1) is 11.8 Å². The van der Waals surface area contributed by atoms with Crippen LogP contribution in [0.15, 0.2) is 0 Å². The van der Waals surface area contributed by atoms with Crippen molar-refractivity contribution in [3.8, 4) is 0 Å². The second kappa shape index (κ2) is 5.56. The molecule has 6 nitrogen and oxygen atoms in total. The van der Waals surface area contributed by atoms with E-state index in [9.17, 15) is 9.59 Å². The average molecular weight is 255 g/mol. The number of amides is 2. The van der Waals surface area contributed by atoms with Crippen LogP contribution in [-0.2, 0) is 4.79 Å². The molecule has 2 aliphatic rings. The molecule has 2 heterocycles. The van der Waals surface area contributed by atoms with Gasteiger partial charge in [0.1, 0.15) is 0 Å². The molecule has 2 aliphatic heterocycles. The van der Waals surface area contributed by atoms with E-state index in [4.69, 9.17) is 10.8 Å². The molecule has 102 valence electrons. The molecular weight excluding hydrogens is 234 g/mol. The van der Waals surface area contributed by atoms with Crippen molar-refractivity contribution in [3.63, 3.8) is 0 Å². The summed E-state index contributed by atoms with van der Waals surface area (Å²) in [5.74, 6) is -0.807. The Kier molecular flexibility index (Phi) is 4.06. The second-order valence-corrected chi connectivity index (χ2v) is 5.24. The third-order valence-corrected chi connectivity index (χ3v) is 3.93. The number of carboxylic acid groups (broad SMARTS) is 1. The summed E-state index contributed by atoms with van der Waals surface area (Å²) < 4.78 is 0. The number of carbonyl (C=O) groups is 2. The van der Waals surface area contributed by atoms with E-state index in [2.05, 4.69) is 0 Å². The quantitative estimate of drug-likeness (QED) is 0.737. The minimum Gasteiger partial charge on any atom is -0.481 e. The number of aliphatic carboxylic acids is 1. The standard InChI is InChI=1S/C12H21N3O3/c13-6-9-3-5-15(7-9)12(18)14-4-1-2-10(8-14)11(16)17/h9-10H,1-8,13H2,(H,16,17)/t9?,10-/m0/s1. The Balaban J connectivity index is 1.91. The number of piperidine rings is 1. The largest absolute Gasteiger partial charge is 0.481 e. The Hall–Kier alpha value is -1.30. The third kappa shape index (κ3) is 2.75. The van der Waals surface area contributed by atoms with E-state index in [0.29, 0.717) is 38.5 Å². The highest BCUT2D eigenvalue weighted by Crippen LogP contribution is 2.21. The Bertz CT molecular complexity index is 335. The average Bonchev–Trinajstić information content (AvgIpc) is 2.86. The molecule has 1 unspecified atom stereocenters. The summed E-state index contributed by atoms with van der Waals surface area (Å²) in [5, 5.41) is 9.02. The van der Waals surface area contributed by atoms with Gasteiger partial charge in [0, 0.05) is 26.2 Å². The summed E-state index contributed by atoms with van der Waals surface area (Å²) in [6.45, 7) is 3.09. The van der Waals surface area contributed by atoms with Gasteiger partial charge >= 0.3 is 12.0 Å². The molecule has 2 rings (SSSR count). The molecule has 6 heteroatoms. The number of carboxylic acids is 1. The van der Waals surface area contributed by atoms with Crippen molar-refractivity contribution in [2.75, 3.05) is 32.7 Å². The van der Waals surface area contributed by atoms with Crippen molar-refractivity contribution in [2.45, 2.75) is 19.3 Å². The Labute approximate surface area is 107 Å². The maximum absolute atomic E-state index is 12.2. The van der Waals surface area contributed by atoms with Crippen LogP contribution in [0.1, 0.15) is 19.3 Å². The van der Waals surface area contributed by atoms with Crippen molar-refractivity contribution in [2.24, 2.45) is 17.6 Å². The zero-order chi connectivity index (χ0) is 13.1. The lowest BCUT2D eigenvalue weighted by Crippen LogP contribution is -2.48. The predicted molar refractivity (Wildman–Crippen MR) is 66.1 cm³/mol. The third-order valence-electron chi connectivity index (χ3n) is 3.93. The number of nitrogens with two attached hydrogens (primary N) is 1. The van der Waals surface area contributed by atoms with E-state index in [0.717, 1.165) is 19.4 Å². The predicted octanol–water partition coefficient (Wildman–Crippen LogP) is 0.184. The van der Waals surface area contributed by atoms with Gasteiger partial charge in [0.05, 0.1) is 5.92 Å². The fraction of sp³-hybridized carbons (Fsp3) is 0.833. The SMILES string of the molecule is NCC1CCN(C(=O)N2CCC[C@H](C(=O)O)C2)C1. The number of nitrogens with zero attached hydrogens (tertiary/aromatic N) is 2. The molecule has 2 fully saturated rings. The van der Waals surface area contributed by atoms with Crippen LogP contribution in [0.5, 0.6) is 0 Å². The van der Waals surface area contributed by atoms with Gasteiger partial charge in [0.25, 0.3) is 0 Å². The molecule has 0 aromatic carbocycles.